The zero-order chi connectivity index (χ0) is 18.4. The molecule has 1 aromatic carbocycles. The molecule has 1 heterocycles. The number of rotatable bonds is 6. The highest BCUT2D eigenvalue weighted by Crippen LogP contribution is 2.24. The van der Waals surface area contributed by atoms with E-state index in [-0.39, 0.29) is 16.5 Å². The molecule has 2 amide bonds. The van der Waals surface area contributed by atoms with Crippen molar-refractivity contribution in [2.45, 2.75) is 18.2 Å². The number of benzene rings is 1. The van der Waals surface area contributed by atoms with Crippen molar-refractivity contribution in [3.8, 4) is 0 Å². The first-order chi connectivity index (χ1) is 11.9. The topological polar surface area (TPSA) is 133 Å². The number of sulfonamides is 1. The van der Waals surface area contributed by atoms with Gasteiger partial charge < -0.3 is 10.5 Å². The smallest absolute Gasteiger partial charge is 0.339 e. The minimum Gasteiger partial charge on any atom is -0.462 e. The van der Waals surface area contributed by atoms with Crippen LogP contribution in [0, 0.1) is 0 Å². The molecule has 1 aromatic heterocycles. The highest BCUT2D eigenvalue weighted by atomic mass is 32.2. The van der Waals surface area contributed by atoms with E-state index in [9.17, 15) is 18.0 Å². The summed E-state index contributed by atoms with van der Waals surface area (Å²) in [5.41, 5.74) is 5.00. The normalized spacial score (nSPS) is 10.9. The summed E-state index contributed by atoms with van der Waals surface area (Å²) in [6.07, 6.45) is 3.09. The lowest BCUT2D eigenvalue weighted by Gasteiger charge is -2.19. The zero-order valence-corrected chi connectivity index (χ0v) is 14.1. The number of nitrogens with zero attached hydrogens (tertiary/aromatic N) is 3. The third kappa shape index (κ3) is 3.91. The van der Waals surface area contributed by atoms with Gasteiger partial charge >= 0.3 is 12.0 Å². The van der Waals surface area contributed by atoms with Crippen molar-refractivity contribution in [3.63, 3.8) is 0 Å². The van der Waals surface area contributed by atoms with Crippen LogP contribution in [0.25, 0.3) is 0 Å². The van der Waals surface area contributed by atoms with Crippen LogP contribution >= 0.6 is 0 Å². The van der Waals surface area contributed by atoms with E-state index in [1.807, 2.05) is 0 Å². The van der Waals surface area contributed by atoms with E-state index in [2.05, 4.69) is 9.97 Å². The number of amides is 2. The van der Waals surface area contributed by atoms with Gasteiger partial charge in [0, 0.05) is 12.4 Å². The standard InChI is InChI=1S/C15H16N4O5S/c1-2-10-24-13(20)11-6-3-4-7-12(11)25(22,23)19(14(16)21)15-17-8-5-9-18-15/h3-9H,2,10H2,1H3,(H2,16,21). The van der Waals surface area contributed by atoms with Crippen LogP contribution in [0.15, 0.2) is 47.6 Å². The highest BCUT2D eigenvalue weighted by molar-refractivity contribution is 7.93. The number of hydrogen-bond donors (Lipinski definition) is 1. The lowest BCUT2D eigenvalue weighted by molar-refractivity contribution is 0.0500. The fourth-order valence-electron chi connectivity index (χ4n) is 1.95. The second-order valence-electron chi connectivity index (χ2n) is 4.79. The molecule has 2 N–H and O–H groups in total. The van der Waals surface area contributed by atoms with Crippen LogP contribution < -0.4 is 10.0 Å². The molecule has 25 heavy (non-hydrogen) atoms. The third-order valence-corrected chi connectivity index (χ3v) is 4.73. The molecule has 0 bridgehead atoms. The van der Waals surface area contributed by atoms with Gasteiger partial charge in [0.25, 0.3) is 10.0 Å². The summed E-state index contributed by atoms with van der Waals surface area (Å²) >= 11 is 0. The summed E-state index contributed by atoms with van der Waals surface area (Å²) in [4.78, 5) is 30.9. The molecule has 2 rings (SSSR count). The Bertz CT molecular complexity index is 871. The molecule has 0 unspecified atom stereocenters. The molecule has 0 atom stereocenters. The van der Waals surface area contributed by atoms with E-state index in [0.29, 0.717) is 6.42 Å². The molecular weight excluding hydrogens is 348 g/mol. The zero-order valence-electron chi connectivity index (χ0n) is 13.3. The molecule has 9 nitrogen and oxygen atoms in total. The SMILES string of the molecule is CCCOC(=O)c1ccccc1S(=O)(=O)N(C(N)=O)c1ncccn1. The highest BCUT2D eigenvalue weighted by Gasteiger charge is 2.34. The van der Waals surface area contributed by atoms with Crippen LogP contribution in [0.5, 0.6) is 0 Å². The Balaban J connectivity index is 2.55. The van der Waals surface area contributed by atoms with Crippen LogP contribution in [0.2, 0.25) is 0 Å². The minimum absolute atomic E-state index is 0.133. The van der Waals surface area contributed by atoms with E-state index in [1.165, 1.54) is 42.7 Å². The lowest BCUT2D eigenvalue weighted by Crippen LogP contribution is -2.42. The number of esters is 1. The van der Waals surface area contributed by atoms with Gasteiger partial charge in [-0.1, -0.05) is 19.1 Å². The number of nitrogens with two attached hydrogens (primary N) is 1. The van der Waals surface area contributed by atoms with Gasteiger partial charge in [-0.15, -0.1) is 4.31 Å². The Kier molecular flexibility index (Phi) is 5.65. The molecule has 2 aromatic rings. The maximum Gasteiger partial charge on any atom is 0.339 e. The lowest BCUT2D eigenvalue weighted by atomic mass is 10.2. The monoisotopic (exact) mass is 364 g/mol. The average molecular weight is 364 g/mol. The van der Waals surface area contributed by atoms with Crippen LogP contribution in [0.3, 0.4) is 0 Å². The second-order valence-corrected chi connectivity index (χ2v) is 6.54. The first kappa shape index (κ1) is 18.3. The Morgan fingerprint density at radius 1 is 1.16 bits per heavy atom. The van der Waals surface area contributed by atoms with Crippen LogP contribution in [0.1, 0.15) is 23.7 Å². The Morgan fingerprint density at radius 2 is 1.80 bits per heavy atom. The average Bonchev–Trinajstić information content (AvgIpc) is 2.60. The predicted octanol–water partition coefficient (Wildman–Crippen LogP) is 1.32. The molecular formula is C15H16N4O5S. The minimum atomic E-state index is -4.52. The van der Waals surface area contributed by atoms with Crippen molar-refractivity contribution in [3.05, 3.63) is 48.3 Å². The van der Waals surface area contributed by atoms with Crippen LogP contribution in [0.4, 0.5) is 10.7 Å². The van der Waals surface area contributed by atoms with Gasteiger partial charge in [-0.3, -0.25) is 0 Å². The summed E-state index contributed by atoms with van der Waals surface area (Å²) in [5, 5.41) is 0. The second kappa shape index (κ2) is 7.71. The molecule has 0 aliphatic carbocycles. The first-order valence-corrected chi connectivity index (χ1v) is 8.71. The summed E-state index contributed by atoms with van der Waals surface area (Å²) in [6.45, 7) is 1.94. The van der Waals surface area contributed by atoms with Crippen molar-refractivity contribution in [1.29, 1.82) is 0 Å². The summed E-state index contributed by atoms with van der Waals surface area (Å²) in [7, 11) is -4.52. The van der Waals surface area contributed by atoms with E-state index < -0.39 is 32.9 Å². The molecule has 0 fully saturated rings. The molecule has 132 valence electrons. The molecule has 0 aliphatic rings. The van der Waals surface area contributed by atoms with Gasteiger partial charge in [0.15, 0.2) is 0 Å². The van der Waals surface area contributed by atoms with Crippen molar-refractivity contribution < 1.29 is 22.7 Å². The van der Waals surface area contributed by atoms with Gasteiger partial charge in [0.2, 0.25) is 5.95 Å². The number of carbonyl (C=O) groups is 2. The number of hydrogen-bond acceptors (Lipinski definition) is 7. The fourth-order valence-corrected chi connectivity index (χ4v) is 3.37. The number of primary amides is 1. The van der Waals surface area contributed by atoms with Crippen molar-refractivity contribution >= 4 is 28.0 Å². The van der Waals surface area contributed by atoms with Gasteiger partial charge in [-0.05, 0) is 24.6 Å². The van der Waals surface area contributed by atoms with Gasteiger partial charge in [-0.25, -0.2) is 28.0 Å². The largest absolute Gasteiger partial charge is 0.462 e. The van der Waals surface area contributed by atoms with Crippen LogP contribution in [-0.4, -0.2) is 37.0 Å². The quantitative estimate of drug-likeness (QED) is 0.764. The number of aromatic nitrogens is 2. The fraction of sp³-hybridized carbons (Fsp3) is 0.200. The number of anilines is 1. The van der Waals surface area contributed by atoms with Gasteiger partial charge in [-0.2, -0.15) is 0 Å². The van der Waals surface area contributed by atoms with E-state index in [0.717, 1.165) is 0 Å². The number of carbonyl (C=O) groups excluding carboxylic acids is 2. The molecule has 0 radical (unpaired) electrons. The van der Waals surface area contributed by atoms with E-state index in [4.69, 9.17) is 10.5 Å². The summed E-state index contributed by atoms with van der Waals surface area (Å²) in [5.74, 6) is -1.24. The Labute approximate surface area is 144 Å². The molecule has 0 saturated heterocycles. The maximum atomic E-state index is 12.9. The molecule has 10 heteroatoms. The summed E-state index contributed by atoms with van der Waals surface area (Å²) < 4.78 is 31.0. The van der Waals surface area contributed by atoms with E-state index in [1.54, 1.807) is 6.92 Å². The molecule has 0 aliphatic heterocycles. The first-order valence-electron chi connectivity index (χ1n) is 7.27. The molecule has 0 spiro atoms. The number of urea groups is 1. The maximum absolute atomic E-state index is 12.9. The van der Waals surface area contributed by atoms with Crippen molar-refractivity contribution in [2.75, 3.05) is 10.9 Å². The van der Waals surface area contributed by atoms with Crippen molar-refractivity contribution in [1.82, 2.24) is 9.97 Å². The van der Waals surface area contributed by atoms with Crippen molar-refractivity contribution in [2.24, 2.45) is 5.73 Å². The summed E-state index contributed by atoms with van der Waals surface area (Å²) in [6, 6.07) is 5.50. The third-order valence-electron chi connectivity index (χ3n) is 3.00. The van der Waals surface area contributed by atoms with Gasteiger partial charge in [0.1, 0.15) is 4.90 Å². The number of ether oxygens (including phenoxy) is 1. The Hall–Kier alpha value is -3.01. The Morgan fingerprint density at radius 3 is 2.40 bits per heavy atom. The van der Waals surface area contributed by atoms with E-state index >= 15 is 0 Å². The van der Waals surface area contributed by atoms with Crippen LogP contribution in [-0.2, 0) is 14.8 Å². The molecule has 0 saturated carbocycles. The predicted molar refractivity (Wildman–Crippen MR) is 88.3 cm³/mol. The van der Waals surface area contributed by atoms with Gasteiger partial charge in [0.05, 0.1) is 12.2 Å².